The molecule has 0 bridgehead atoms. The summed E-state index contributed by atoms with van der Waals surface area (Å²) in [6.07, 6.45) is 1.72. The predicted molar refractivity (Wildman–Crippen MR) is 33.7 cm³/mol. The molecule has 0 rings (SSSR count). The molecule has 8 heavy (non-hydrogen) atoms. The minimum Gasteiger partial charge on any atom is -0.483 e. The first-order valence-electron chi connectivity index (χ1n) is 2.04. The molecule has 2 heteroatoms. The fourth-order valence-electron chi connectivity index (χ4n) is 0. The molecule has 1 N–H and O–H groups in total. The molecule has 0 aliphatic carbocycles. The van der Waals surface area contributed by atoms with Crippen LogP contribution in [0.2, 0.25) is 0 Å². The highest BCUT2D eigenvalue weighted by molar-refractivity contribution is 5.32. The fraction of sp³-hybridized carbons (Fsp3) is 0.167. The van der Waals surface area contributed by atoms with Gasteiger partial charge in [-0.15, -0.1) is 0 Å². The molecule has 0 amide bonds. The molecule has 0 fully saturated rings. The van der Waals surface area contributed by atoms with E-state index in [1.165, 1.54) is 0 Å². The average molecular weight is 114 g/mol. The van der Waals surface area contributed by atoms with Gasteiger partial charge in [0.15, 0.2) is 0 Å². The number of carboxylic acid groups (broad SMARTS) is 1. The third-order valence-electron chi connectivity index (χ3n) is 0.348. The van der Waals surface area contributed by atoms with Crippen LogP contribution < -0.4 is 0 Å². The van der Waals surface area contributed by atoms with Gasteiger partial charge >= 0.3 is 0 Å². The molecule has 0 spiro atoms. The largest absolute Gasteiger partial charge is 0.483 e. The van der Waals surface area contributed by atoms with E-state index >= 15 is 0 Å². The molecule has 46 valence electrons. The molecule has 0 atom stereocenters. The van der Waals surface area contributed by atoms with Crippen LogP contribution in [-0.4, -0.2) is 11.6 Å². The molecule has 0 radical (unpaired) electrons. The van der Waals surface area contributed by atoms with Crippen molar-refractivity contribution in [2.75, 3.05) is 0 Å². The molecular weight excluding hydrogens is 104 g/mol. The number of hydrogen-bond acceptors (Lipinski definition) is 1. The zero-order valence-electron chi connectivity index (χ0n) is 4.92. The fourth-order valence-corrected chi connectivity index (χ4v) is 0. The van der Waals surface area contributed by atoms with Crippen LogP contribution in [-0.2, 0) is 4.79 Å². The van der Waals surface area contributed by atoms with E-state index < -0.39 is 0 Å². The second-order valence-corrected chi connectivity index (χ2v) is 1.16. The highest BCUT2D eigenvalue weighted by Crippen LogP contribution is 1.81. The molecule has 0 aliphatic rings. The Bertz CT molecular complexity index is 84.5. The van der Waals surface area contributed by atoms with Crippen LogP contribution in [0.4, 0.5) is 0 Å². The highest BCUT2D eigenvalue weighted by Gasteiger charge is 1.59. The Balaban J connectivity index is 0. The van der Waals surface area contributed by atoms with Crippen LogP contribution in [0.15, 0.2) is 24.8 Å². The van der Waals surface area contributed by atoms with Crippen molar-refractivity contribution in [3.05, 3.63) is 24.8 Å². The summed E-state index contributed by atoms with van der Waals surface area (Å²) in [5.74, 6) is 0. The Kier molecular flexibility index (Phi) is 11.7. The van der Waals surface area contributed by atoms with Gasteiger partial charge in [0, 0.05) is 0 Å². The van der Waals surface area contributed by atoms with Gasteiger partial charge in [-0.3, -0.25) is 4.79 Å². The summed E-state index contributed by atoms with van der Waals surface area (Å²) in [4.78, 5) is 8.36. The van der Waals surface area contributed by atoms with Crippen molar-refractivity contribution >= 4 is 6.47 Å². The molecule has 0 aromatic heterocycles. The zero-order valence-corrected chi connectivity index (χ0v) is 4.92. The van der Waals surface area contributed by atoms with Gasteiger partial charge in [0.25, 0.3) is 6.47 Å². The van der Waals surface area contributed by atoms with E-state index in [0.717, 1.165) is 5.57 Å². The van der Waals surface area contributed by atoms with Crippen molar-refractivity contribution in [3.63, 3.8) is 0 Å². The van der Waals surface area contributed by atoms with Crippen molar-refractivity contribution in [1.82, 2.24) is 0 Å². The first-order valence-corrected chi connectivity index (χ1v) is 2.04. The molecule has 0 aromatic carbocycles. The van der Waals surface area contributed by atoms with Gasteiger partial charge in [-0.1, -0.05) is 24.8 Å². The molecule has 0 aromatic rings. The molecule has 0 unspecified atom stereocenters. The third kappa shape index (κ3) is 85.6. The van der Waals surface area contributed by atoms with Gasteiger partial charge < -0.3 is 5.11 Å². The minimum absolute atomic E-state index is 0.250. The summed E-state index contributed by atoms with van der Waals surface area (Å²) in [6.45, 7) is 8.68. The van der Waals surface area contributed by atoms with Crippen LogP contribution in [0.5, 0.6) is 0 Å². The van der Waals surface area contributed by atoms with Crippen LogP contribution >= 0.6 is 0 Å². The highest BCUT2D eigenvalue weighted by atomic mass is 16.3. The Morgan fingerprint density at radius 3 is 1.88 bits per heavy atom. The van der Waals surface area contributed by atoms with Crippen LogP contribution in [0.3, 0.4) is 0 Å². The zero-order chi connectivity index (χ0) is 6.99. The molecule has 0 saturated carbocycles. The predicted octanol–water partition coefficient (Wildman–Crippen LogP) is 1.45. The van der Waals surface area contributed by atoms with Gasteiger partial charge in [0.05, 0.1) is 0 Å². The van der Waals surface area contributed by atoms with Crippen molar-refractivity contribution in [2.24, 2.45) is 0 Å². The lowest BCUT2D eigenvalue weighted by Gasteiger charge is -1.71. The van der Waals surface area contributed by atoms with Crippen molar-refractivity contribution in [1.29, 1.82) is 0 Å². The second-order valence-electron chi connectivity index (χ2n) is 1.16. The summed E-state index contributed by atoms with van der Waals surface area (Å²) in [5, 5.41) is 6.89. The van der Waals surface area contributed by atoms with Gasteiger partial charge in [0.2, 0.25) is 0 Å². The lowest BCUT2D eigenvalue weighted by atomic mass is 10.4. The number of hydrogen-bond donors (Lipinski definition) is 1. The van der Waals surface area contributed by atoms with Gasteiger partial charge in [-0.05, 0) is 6.92 Å². The van der Waals surface area contributed by atoms with E-state index in [1.807, 2.05) is 6.92 Å². The first kappa shape index (κ1) is 10.0. The summed E-state index contributed by atoms with van der Waals surface area (Å²) < 4.78 is 0. The molecule has 0 aliphatic heterocycles. The Morgan fingerprint density at radius 2 is 1.88 bits per heavy atom. The molecule has 0 saturated heterocycles. The average Bonchev–Trinajstić information content (AvgIpc) is 1.69. The van der Waals surface area contributed by atoms with Gasteiger partial charge in [0.1, 0.15) is 0 Å². The SMILES string of the molecule is C=CC(=C)C.O=CO. The topological polar surface area (TPSA) is 37.3 Å². The lowest BCUT2D eigenvalue weighted by molar-refractivity contribution is -0.122. The van der Waals surface area contributed by atoms with Gasteiger partial charge in [-0.25, -0.2) is 0 Å². The first-order chi connectivity index (χ1) is 3.68. The smallest absolute Gasteiger partial charge is 0.290 e. The maximum atomic E-state index is 8.36. The van der Waals surface area contributed by atoms with Crippen LogP contribution in [0, 0.1) is 0 Å². The monoisotopic (exact) mass is 114 g/mol. The molecule has 2 nitrogen and oxygen atoms in total. The lowest BCUT2D eigenvalue weighted by Crippen LogP contribution is -1.50. The Morgan fingerprint density at radius 1 is 1.75 bits per heavy atom. The normalized spacial score (nSPS) is 5.62. The number of allylic oxidation sites excluding steroid dienone is 2. The van der Waals surface area contributed by atoms with Crippen LogP contribution in [0.1, 0.15) is 6.92 Å². The maximum absolute atomic E-state index is 8.36. The number of rotatable bonds is 1. The van der Waals surface area contributed by atoms with Crippen molar-refractivity contribution in [2.45, 2.75) is 6.92 Å². The van der Waals surface area contributed by atoms with E-state index in [2.05, 4.69) is 13.2 Å². The van der Waals surface area contributed by atoms with Crippen molar-refractivity contribution < 1.29 is 9.90 Å². The summed E-state index contributed by atoms with van der Waals surface area (Å²) >= 11 is 0. The second kappa shape index (κ2) is 9.34. The third-order valence-corrected chi connectivity index (χ3v) is 0.348. The summed E-state index contributed by atoms with van der Waals surface area (Å²) in [7, 11) is 0. The molecule has 0 heterocycles. The van der Waals surface area contributed by atoms with Gasteiger partial charge in [-0.2, -0.15) is 0 Å². The Hall–Kier alpha value is -1.05. The van der Waals surface area contributed by atoms with E-state index in [9.17, 15) is 0 Å². The standard InChI is InChI=1S/C5H8.CH2O2/c1-4-5(2)3;2-1-3/h4H,1-2H2,3H3;1H,(H,2,3). The van der Waals surface area contributed by atoms with E-state index in [0.29, 0.717) is 0 Å². The summed E-state index contributed by atoms with van der Waals surface area (Å²) in [5.41, 5.74) is 1.02. The molecular formula is C6H10O2. The Labute approximate surface area is 49.1 Å². The maximum Gasteiger partial charge on any atom is 0.290 e. The van der Waals surface area contributed by atoms with E-state index in [1.54, 1.807) is 6.08 Å². The quantitative estimate of drug-likeness (QED) is 0.413. The van der Waals surface area contributed by atoms with Crippen molar-refractivity contribution in [3.8, 4) is 0 Å². The van der Waals surface area contributed by atoms with Crippen LogP contribution in [0.25, 0.3) is 0 Å². The summed E-state index contributed by atoms with van der Waals surface area (Å²) in [6, 6.07) is 0. The van der Waals surface area contributed by atoms with E-state index in [-0.39, 0.29) is 6.47 Å². The van der Waals surface area contributed by atoms with E-state index in [4.69, 9.17) is 9.90 Å². The number of carbonyl (C=O) groups is 1. The minimum atomic E-state index is -0.250.